The van der Waals surface area contributed by atoms with Gasteiger partial charge in [-0.2, -0.15) is 0 Å². The minimum absolute atomic E-state index is 0.226. The Balaban J connectivity index is 2.49. The number of hydrogen-bond donors (Lipinski definition) is 3. The Bertz CT molecular complexity index is 422. The van der Waals surface area contributed by atoms with E-state index in [1.54, 1.807) is 4.90 Å². The summed E-state index contributed by atoms with van der Waals surface area (Å²) in [5.74, 6) is -0.0450. The Morgan fingerprint density at radius 1 is 1.63 bits per heavy atom. The molecule has 1 atom stereocenters. The number of carbonyl (C=O) groups is 1. The molecule has 108 valence electrons. The van der Waals surface area contributed by atoms with Crippen LogP contribution in [0, 0.1) is 0 Å². The van der Waals surface area contributed by atoms with Crippen molar-refractivity contribution < 1.29 is 14.6 Å². The normalized spacial score (nSPS) is 12.2. The van der Waals surface area contributed by atoms with E-state index < -0.39 is 6.10 Å². The largest absolute Gasteiger partial charge is 0.391 e. The highest BCUT2D eigenvalue weighted by atomic mass is 32.1. The average molecular weight is 288 g/mol. The van der Waals surface area contributed by atoms with Crippen LogP contribution in [0.1, 0.15) is 16.1 Å². The van der Waals surface area contributed by atoms with Crippen molar-refractivity contribution in [3.8, 4) is 0 Å². The van der Waals surface area contributed by atoms with Gasteiger partial charge in [0.2, 0.25) is 0 Å². The van der Waals surface area contributed by atoms with Gasteiger partial charge in [-0.25, -0.2) is 4.98 Å². The second-order valence-electron chi connectivity index (χ2n) is 4.26. The molecule has 1 heterocycles. The summed E-state index contributed by atoms with van der Waals surface area (Å²) in [7, 11) is 5.19. The number of thiazole rings is 1. The van der Waals surface area contributed by atoms with Gasteiger partial charge in [-0.15, -0.1) is 0 Å². The van der Waals surface area contributed by atoms with Crippen LogP contribution in [0.2, 0.25) is 0 Å². The van der Waals surface area contributed by atoms with E-state index in [0.29, 0.717) is 23.0 Å². The molecule has 4 N–H and O–H groups in total. The quantitative estimate of drug-likeness (QED) is 0.649. The summed E-state index contributed by atoms with van der Waals surface area (Å²) in [5.41, 5.74) is 5.70. The van der Waals surface area contributed by atoms with Crippen LogP contribution in [-0.4, -0.2) is 56.5 Å². The van der Waals surface area contributed by atoms with E-state index in [2.05, 4.69) is 10.3 Å². The Kier molecular flexibility index (Phi) is 6.00. The van der Waals surface area contributed by atoms with E-state index in [-0.39, 0.29) is 18.3 Å². The number of nitrogens with one attached hydrogen (secondary N) is 1. The number of aliphatic hydroxyl groups is 1. The summed E-state index contributed by atoms with van der Waals surface area (Å²) in [6, 6.07) is 0. The van der Waals surface area contributed by atoms with Gasteiger partial charge >= 0.3 is 0 Å². The molecule has 1 rings (SSSR count). The lowest BCUT2D eigenvalue weighted by atomic mass is 10.2. The SMILES string of the molecule is COCC(O)CCNC(=O)c1sc(N(C)C)nc1N. The third-order valence-electron chi connectivity index (χ3n) is 2.35. The zero-order valence-corrected chi connectivity index (χ0v) is 12.2. The van der Waals surface area contributed by atoms with Gasteiger partial charge in [0.1, 0.15) is 10.7 Å². The van der Waals surface area contributed by atoms with Crippen LogP contribution in [-0.2, 0) is 4.74 Å². The molecule has 0 fully saturated rings. The summed E-state index contributed by atoms with van der Waals surface area (Å²) in [6.45, 7) is 0.612. The van der Waals surface area contributed by atoms with E-state index in [1.165, 1.54) is 18.4 Å². The highest BCUT2D eigenvalue weighted by Gasteiger charge is 2.17. The zero-order valence-electron chi connectivity index (χ0n) is 11.3. The standard InChI is InChI=1S/C11H20N4O3S/c1-15(2)11-14-9(12)8(19-11)10(17)13-5-4-7(16)6-18-3/h7,16H,4-6,12H2,1-3H3,(H,13,17). The maximum absolute atomic E-state index is 11.9. The van der Waals surface area contributed by atoms with Crippen molar-refractivity contribution in [3.05, 3.63) is 4.88 Å². The summed E-state index contributed by atoms with van der Waals surface area (Å²) in [5, 5.41) is 12.8. The van der Waals surface area contributed by atoms with Crippen molar-refractivity contribution in [1.82, 2.24) is 10.3 Å². The van der Waals surface area contributed by atoms with E-state index in [0.717, 1.165) is 0 Å². The smallest absolute Gasteiger partial charge is 0.265 e. The van der Waals surface area contributed by atoms with Crippen LogP contribution in [0.4, 0.5) is 10.9 Å². The maximum Gasteiger partial charge on any atom is 0.265 e. The van der Waals surface area contributed by atoms with Crippen LogP contribution in [0.3, 0.4) is 0 Å². The first-order valence-electron chi connectivity index (χ1n) is 5.84. The van der Waals surface area contributed by atoms with E-state index in [9.17, 15) is 9.90 Å². The molecule has 0 aliphatic carbocycles. The predicted octanol–water partition coefficient (Wildman–Crippen LogP) is -0.0815. The van der Waals surface area contributed by atoms with Crippen LogP contribution < -0.4 is 16.0 Å². The van der Waals surface area contributed by atoms with Crippen LogP contribution in [0.15, 0.2) is 0 Å². The number of nitrogens with zero attached hydrogens (tertiary/aromatic N) is 2. The molecule has 1 aromatic heterocycles. The first kappa shape index (κ1) is 15.7. The van der Waals surface area contributed by atoms with Gasteiger partial charge in [-0.05, 0) is 6.42 Å². The van der Waals surface area contributed by atoms with Gasteiger partial charge < -0.3 is 25.8 Å². The molecule has 8 heteroatoms. The number of methoxy groups -OCH3 is 1. The van der Waals surface area contributed by atoms with Crippen molar-refractivity contribution in [2.24, 2.45) is 0 Å². The highest BCUT2D eigenvalue weighted by Crippen LogP contribution is 2.26. The van der Waals surface area contributed by atoms with Crippen LogP contribution in [0.5, 0.6) is 0 Å². The third kappa shape index (κ3) is 4.66. The number of anilines is 2. The minimum atomic E-state index is -0.582. The van der Waals surface area contributed by atoms with E-state index in [4.69, 9.17) is 10.5 Å². The monoisotopic (exact) mass is 288 g/mol. The Morgan fingerprint density at radius 3 is 2.84 bits per heavy atom. The van der Waals surface area contributed by atoms with Gasteiger partial charge in [0.15, 0.2) is 5.13 Å². The molecular weight excluding hydrogens is 268 g/mol. The molecule has 0 radical (unpaired) electrons. The number of nitrogens with two attached hydrogens (primary N) is 1. The van der Waals surface area contributed by atoms with Gasteiger partial charge in [-0.1, -0.05) is 11.3 Å². The lowest BCUT2D eigenvalue weighted by molar-refractivity contribution is 0.0588. The fourth-order valence-corrected chi connectivity index (χ4v) is 2.21. The summed E-state index contributed by atoms with van der Waals surface area (Å²) in [6.07, 6.45) is -0.153. The number of carbonyl (C=O) groups excluding carboxylic acids is 1. The number of amides is 1. The lowest BCUT2D eigenvalue weighted by Crippen LogP contribution is -2.28. The second kappa shape index (κ2) is 7.27. The van der Waals surface area contributed by atoms with E-state index in [1.807, 2.05) is 14.1 Å². The topological polar surface area (TPSA) is 101 Å². The molecule has 0 aliphatic heterocycles. The summed E-state index contributed by atoms with van der Waals surface area (Å²) < 4.78 is 4.80. The Morgan fingerprint density at radius 2 is 2.32 bits per heavy atom. The first-order chi connectivity index (χ1) is 8.95. The van der Waals surface area contributed by atoms with Gasteiger partial charge in [0, 0.05) is 27.7 Å². The molecule has 1 amide bonds. The number of ether oxygens (including phenoxy) is 1. The van der Waals surface area contributed by atoms with Crippen molar-refractivity contribution in [2.45, 2.75) is 12.5 Å². The summed E-state index contributed by atoms with van der Waals surface area (Å²) >= 11 is 1.24. The number of rotatable bonds is 7. The summed E-state index contributed by atoms with van der Waals surface area (Å²) in [4.78, 5) is 18.2. The molecule has 19 heavy (non-hydrogen) atoms. The van der Waals surface area contributed by atoms with Crippen LogP contribution >= 0.6 is 11.3 Å². The molecule has 0 spiro atoms. The predicted molar refractivity (Wildman–Crippen MR) is 75.7 cm³/mol. The van der Waals surface area contributed by atoms with Crippen molar-refractivity contribution >= 4 is 28.2 Å². The zero-order chi connectivity index (χ0) is 14.4. The fourth-order valence-electron chi connectivity index (χ4n) is 1.38. The second-order valence-corrected chi connectivity index (χ2v) is 5.24. The molecule has 1 aromatic rings. The van der Waals surface area contributed by atoms with Gasteiger partial charge in [0.05, 0.1) is 12.7 Å². The molecule has 1 unspecified atom stereocenters. The molecule has 0 aliphatic rings. The number of aliphatic hydroxyl groups excluding tert-OH is 1. The van der Waals surface area contributed by atoms with Gasteiger partial charge in [0.25, 0.3) is 5.91 Å². The number of nitrogen functional groups attached to an aromatic ring is 1. The Labute approximate surface area is 116 Å². The Hall–Kier alpha value is -1.38. The maximum atomic E-state index is 11.9. The van der Waals surface area contributed by atoms with Gasteiger partial charge in [-0.3, -0.25) is 4.79 Å². The van der Waals surface area contributed by atoms with E-state index >= 15 is 0 Å². The van der Waals surface area contributed by atoms with Crippen molar-refractivity contribution in [1.29, 1.82) is 0 Å². The minimum Gasteiger partial charge on any atom is -0.391 e. The van der Waals surface area contributed by atoms with Crippen molar-refractivity contribution in [3.63, 3.8) is 0 Å². The van der Waals surface area contributed by atoms with Crippen molar-refractivity contribution in [2.75, 3.05) is 45.0 Å². The molecule has 7 nitrogen and oxygen atoms in total. The molecule has 0 aromatic carbocycles. The highest BCUT2D eigenvalue weighted by molar-refractivity contribution is 7.18. The molecule has 0 bridgehead atoms. The number of hydrogen-bond acceptors (Lipinski definition) is 7. The average Bonchev–Trinajstić information content (AvgIpc) is 2.72. The number of aromatic nitrogens is 1. The molecule has 0 saturated heterocycles. The fraction of sp³-hybridized carbons (Fsp3) is 0.636. The molecule has 0 saturated carbocycles. The molecular formula is C11H20N4O3S. The third-order valence-corrected chi connectivity index (χ3v) is 3.59. The van der Waals surface area contributed by atoms with Crippen LogP contribution in [0.25, 0.3) is 0 Å². The first-order valence-corrected chi connectivity index (χ1v) is 6.66. The lowest BCUT2D eigenvalue weighted by Gasteiger charge is -2.09.